The van der Waals surface area contributed by atoms with E-state index in [-0.39, 0.29) is 11.1 Å². The van der Waals surface area contributed by atoms with Gasteiger partial charge in [0.25, 0.3) is 5.56 Å². The molecule has 0 atom stereocenters. The van der Waals surface area contributed by atoms with Crippen LogP contribution in [0.25, 0.3) is 33.8 Å². The van der Waals surface area contributed by atoms with Gasteiger partial charge in [-0.15, -0.1) is 15.3 Å². The smallest absolute Gasteiger partial charge is 0.287 e. The van der Waals surface area contributed by atoms with E-state index in [2.05, 4.69) is 25.4 Å². The Morgan fingerprint density at radius 1 is 1.16 bits per heavy atom. The number of fused-ring (bicyclic) bond motifs is 3. The number of aryl methyl sites for hydroxylation is 1. The first kappa shape index (κ1) is 19.2. The average molecular weight is 434 g/mol. The largest absolute Gasteiger partial charge is 0.497 e. The zero-order valence-corrected chi connectivity index (χ0v) is 17.8. The van der Waals surface area contributed by atoms with E-state index in [9.17, 15) is 4.79 Å². The molecule has 4 heterocycles. The molecule has 0 saturated carbocycles. The van der Waals surface area contributed by atoms with Gasteiger partial charge in [-0.25, -0.2) is 9.61 Å². The zero-order chi connectivity index (χ0) is 21.5. The highest BCUT2D eigenvalue weighted by Crippen LogP contribution is 2.30. The number of benzene rings is 1. The summed E-state index contributed by atoms with van der Waals surface area (Å²) in [7, 11) is 1.63. The van der Waals surface area contributed by atoms with Gasteiger partial charge in [0.05, 0.1) is 18.4 Å². The van der Waals surface area contributed by atoms with Gasteiger partial charge in [0.15, 0.2) is 11.2 Å². The quantitative estimate of drug-likeness (QED) is 0.420. The first-order valence-electron chi connectivity index (χ1n) is 9.55. The van der Waals surface area contributed by atoms with Crippen LogP contribution in [0.3, 0.4) is 0 Å². The van der Waals surface area contributed by atoms with Gasteiger partial charge in [-0.2, -0.15) is 10.1 Å². The molecule has 0 aliphatic carbocycles. The Morgan fingerprint density at radius 3 is 2.65 bits per heavy atom. The molecule has 5 rings (SSSR count). The van der Waals surface area contributed by atoms with Crippen LogP contribution in [0.1, 0.15) is 12.6 Å². The molecule has 31 heavy (non-hydrogen) atoms. The third kappa shape index (κ3) is 3.05. The van der Waals surface area contributed by atoms with Crippen molar-refractivity contribution in [3.05, 3.63) is 52.6 Å². The topological polar surface area (TPSA) is 116 Å². The fraction of sp³-hybridized carbons (Fsp3) is 0.200. The van der Waals surface area contributed by atoms with E-state index in [4.69, 9.17) is 9.84 Å². The summed E-state index contributed by atoms with van der Waals surface area (Å²) in [4.78, 5) is 17.4. The second-order valence-electron chi connectivity index (χ2n) is 6.71. The molecule has 1 N–H and O–H groups in total. The minimum Gasteiger partial charge on any atom is -0.497 e. The van der Waals surface area contributed by atoms with E-state index in [1.807, 2.05) is 37.4 Å². The van der Waals surface area contributed by atoms with Crippen molar-refractivity contribution in [2.75, 3.05) is 13.4 Å². The van der Waals surface area contributed by atoms with Crippen molar-refractivity contribution in [3.63, 3.8) is 0 Å². The minimum absolute atomic E-state index is 0.198. The summed E-state index contributed by atoms with van der Waals surface area (Å²) in [5.41, 5.74) is 3.74. The summed E-state index contributed by atoms with van der Waals surface area (Å²) in [6.45, 7) is 2.03. The van der Waals surface area contributed by atoms with Crippen LogP contribution < -0.4 is 10.3 Å². The fourth-order valence-corrected chi connectivity index (χ4v) is 3.81. The SMILES string of the molecule is CCc1nn2c(nnc3c(=O)n(-c4nc(SC)n[nH]4)ccc32)c1-c1ccc(OC)cc1. The summed E-state index contributed by atoms with van der Waals surface area (Å²) in [6, 6.07) is 9.50. The van der Waals surface area contributed by atoms with Gasteiger partial charge in [0, 0.05) is 6.20 Å². The highest BCUT2D eigenvalue weighted by molar-refractivity contribution is 7.98. The molecule has 4 aromatic heterocycles. The molecule has 0 amide bonds. The van der Waals surface area contributed by atoms with Crippen LogP contribution in [0.15, 0.2) is 46.5 Å². The van der Waals surface area contributed by atoms with Gasteiger partial charge in [-0.05, 0) is 36.4 Å². The number of rotatable bonds is 5. The van der Waals surface area contributed by atoms with E-state index in [0.717, 1.165) is 22.6 Å². The number of methoxy groups -OCH3 is 1. The molecule has 0 fully saturated rings. The molecular weight excluding hydrogens is 416 g/mol. The molecule has 0 spiro atoms. The van der Waals surface area contributed by atoms with Crippen molar-refractivity contribution in [2.24, 2.45) is 0 Å². The second-order valence-corrected chi connectivity index (χ2v) is 7.48. The van der Waals surface area contributed by atoms with E-state index in [1.54, 1.807) is 23.9 Å². The Labute approximate surface area is 180 Å². The van der Waals surface area contributed by atoms with Gasteiger partial charge in [0.1, 0.15) is 11.3 Å². The van der Waals surface area contributed by atoms with Crippen LogP contribution in [0.5, 0.6) is 5.75 Å². The fourth-order valence-electron chi connectivity index (χ4n) is 3.50. The van der Waals surface area contributed by atoms with Gasteiger partial charge in [-0.3, -0.25) is 9.36 Å². The molecule has 11 heteroatoms. The number of H-pyrrole nitrogens is 1. The number of aromatic nitrogens is 8. The van der Waals surface area contributed by atoms with Crippen molar-refractivity contribution < 1.29 is 4.74 Å². The number of ether oxygens (including phenoxy) is 1. The van der Waals surface area contributed by atoms with Gasteiger partial charge < -0.3 is 4.74 Å². The second kappa shape index (κ2) is 7.51. The summed E-state index contributed by atoms with van der Waals surface area (Å²) >= 11 is 1.38. The number of aromatic amines is 1. The van der Waals surface area contributed by atoms with Crippen LogP contribution in [0, 0.1) is 0 Å². The highest BCUT2D eigenvalue weighted by atomic mass is 32.2. The van der Waals surface area contributed by atoms with Crippen molar-refractivity contribution in [2.45, 2.75) is 18.5 Å². The Bertz CT molecular complexity index is 1470. The van der Waals surface area contributed by atoms with E-state index in [1.165, 1.54) is 16.3 Å². The lowest BCUT2D eigenvalue weighted by Gasteiger charge is -2.05. The molecule has 0 aliphatic heterocycles. The summed E-state index contributed by atoms with van der Waals surface area (Å²) in [5.74, 6) is 1.10. The van der Waals surface area contributed by atoms with Gasteiger partial charge in [0.2, 0.25) is 11.1 Å². The molecule has 0 bridgehead atoms. The number of hydrogen-bond acceptors (Lipinski definition) is 8. The summed E-state index contributed by atoms with van der Waals surface area (Å²) in [6.07, 6.45) is 4.21. The van der Waals surface area contributed by atoms with E-state index < -0.39 is 0 Å². The lowest BCUT2D eigenvalue weighted by atomic mass is 10.0. The summed E-state index contributed by atoms with van der Waals surface area (Å²) < 4.78 is 8.30. The Hall–Kier alpha value is -3.73. The van der Waals surface area contributed by atoms with Gasteiger partial charge >= 0.3 is 0 Å². The first-order valence-corrected chi connectivity index (χ1v) is 10.8. The Balaban J connectivity index is 1.72. The van der Waals surface area contributed by atoms with Gasteiger partial charge in [-0.1, -0.05) is 30.8 Å². The maximum atomic E-state index is 13.1. The van der Waals surface area contributed by atoms with Crippen LogP contribution in [-0.2, 0) is 6.42 Å². The Kier molecular flexibility index (Phi) is 4.66. The Morgan fingerprint density at radius 2 is 1.97 bits per heavy atom. The van der Waals surface area contributed by atoms with Crippen molar-refractivity contribution in [1.29, 1.82) is 0 Å². The number of pyridine rings is 1. The maximum Gasteiger partial charge on any atom is 0.287 e. The third-order valence-corrected chi connectivity index (χ3v) is 5.58. The monoisotopic (exact) mass is 434 g/mol. The van der Waals surface area contributed by atoms with Crippen molar-refractivity contribution >= 4 is 28.4 Å². The third-order valence-electron chi connectivity index (χ3n) is 5.03. The lowest BCUT2D eigenvalue weighted by molar-refractivity contribution is 0.415. The normalized spacial score (nSPS) is 11.5. The lowest BCUT2D eigenvalue weighted by Crippen LogP contribution is -2.21. The van der Waals surface area contributed by atoms with Crippen molar-refractivity contribution in [1.82, 2.24) is 39.6 Å². The predicted molar refractivity (Wildman–Crippen MR) is 117 cm³/mol. The molecule has 1 aromatic carbocycles. The van der Waals surface area contributed by atoms with E-state index >= 15 is 0 Å². The summed E-state index contributed by atoms with van der Waals surface area (Å²) in [5, 5.41) is 20.7. The zero-order valence-electron chi connectivity index (χ0n) is 17.0. The molecule has 0 radical (unpaired) electrons. The molecule has 0 saturated heterocycles. The molecule has 156 valence electrons. The molecule has 5 aromatic rings. The van der Waals surface area contributed by atoms with Crippen molar-refractivity contribution in [3.8, 4) is 22.8 Å². The maximum absolute atomic E-state index is 13.1. The van der Waals surface area contributed by atoms with Crippen LogP contribution in [0.4, 0.5) is 0 Å². The number of hydrogen-bond donors (Lipinski definition) is 1. The number of thioether (sulfide) groups is 1. The number of nitrogens with zero attached hydrogens (tertiary/aromatic N) is 7. The highest BCUT2D eigenvalue weighted by Gasteiger charge is 2.19. The van der Waals surface area contributed by atoms with Crippen LogP contribution in [0.2, 0.25) is 0 Å². The molecule has 0 aliphatic rings. The molecular formula is C20H18N8O2S. The van der Waals surface area contributed by atoms with E-state index in [0.29, 0.717) is 28.7 Å². The average Bonchev–Trinajstić information content (AvgIpc) is 3.44. The van der Waals surface area contributed by atoms with Crippen LogP contribution >= 0.6 is 11.8 Å². The molecule has 0 unspecified atom stereocenters. The number of nitrogens with one attached hydrogen (secondary N) is 1. The standard InChI is InChI=1S/C20H18N8O2S/c1-4-13-15(11-5-7-12(30-2)8-6-11)17-23-22-16-14(28(17)26-13)9-10-27(18(16)29)19-21-20(31-3)25-24-19/h5-10H,4H2,1-3H3,(H,21,24,25). The molecule has 10 nitrogen and oxygen atoms in total. The first-order chi connectivity index (χ1) is 15.1. The predicted octanol–water partition coefficient (Wildman–Crippen LogP) is 2.51. The van der Waals surface area contributed by atoms with Crippen LogP contribution in [-0.4, -0.2) is 52.9 Å². The minimum atomic E-state index is -0.352.